The van der Waals surface area contributed by atoms with E-state index < -0.39 is 5.60 Å². The van der Waals surface area contributed by atoms with Crippen molar-refractivity contribution >= 4 is 11.6 Å². The first kappa shape index (κ1) is 10.8. The number of hydrogen-bond acceptors (Lipinski definition) is 2. The molecule has 0 saturated heterocycles. The molecule has 0 aliphatic heterocycles. The molecule has 0 spiro atoms. The maximum Gasteiger partial charge on any atom is 0.137 e. The summed E-state index contributed by atoms with van der Waals surface area (Å²) in [5.74, 6) is 0.125. The maximum atomic E-state index is 9.85. The average molecular weight is 227 g/mol. The number of halogens is 1. The largest absolute Gasteiger partial charge is 0.506 e. The van der Waals surface area contributed by atoms with Gasteiger partial charge < -0.3 is 10.2 Å². The van der Waals surface area contributed by atoms with E-state index in [9.17, 15) is 10.2 Å². The van der Waals surface area contributed by atoms with Gasteiger partial charge in [0.05, 0.1) is 10.6 Å². The van der Waals surface area contributed by atoms with Crippen molar-refractivity contribution in [1.82, 2.24) is 0 Å². The third-order valence-electron chi connectivity index (χ3n) is 3.17. The van der Waals surface area contributed by atoms with Crippen molar-refractivity contribution in [2.45, 2.75) is 38.7 Å². The van der Waals surface area contributed by atoms with Gasteiger partial charge >= 0.3 is 0 Å². The molecular formula is C12H15ClO2. The van der Waals surface area contributed by atoms with Gasteiger partial charge in [-0.3, -0.25) is 0 Å². The first-order chi connectivity index (χ1) is 6.93. The van der Waals surface area contributed by atoms with E-state index in [-0.39, 0.29) is 5.75 Å². The molecule has 0 bridgehead atoms. The first-order valence-corrected chi connectivity index (χ1v) is 5.51. The number of benzene rings is 1. The van der Waals surface area contributed by atoms with Crippen molar-refractivity contribution in [3.05, 3.63) is 27.8 Å². The van der Waals surface area contributed by atoms with Gasteiger partial charge in [-0.05, 0) is 43.4 Å². The van der Waals surface area contributed by atoms with Crippen LogP contribution in [0, 0.1) is 13.8 Å². The van der Waals surface area contributed by atoms with Crippen LogP contribution in [0.15, 0.2) is 6.07 Å². The van der Waals surface area contributed by atoms with E-state index in [0.29, 0.717) is 11.4 Å². The lowest BCUT2D eigenvalue weighted by Crippen LogP contribution is -2.11. The van der Waals surface area contributed by atoms with Crippen LogP contribution in [0.25, 0.3) is 0 Å². The van der Waals surface area contributed by atoms with E-state index in [2.05, 4.69) is 0 Å². The zero-order valence-corrected chi connectivity index (χ0v) is 9.73. The second kappa shape index (κ2) is 3.39. The van der Waals surface area contributed by atoms with Crippen LogP contribution in [0.4, 0.5) is 0 Å². The molecule has 15 heavy (non-hydrogen) atoms. The van der Waals surface area contributed by atoms with Gasteiger partial charge in [-0.2, -0.15) is 0 Å². The number of aryl methyl sites for hydroxylation is 1. The predicted molar refractivity (Wildman–Crippen MR) is 60.5 cm³/mol. The summed E-state index contributed by atoms with van der Waals surface area (Å²) in [7, 11) is 0. The lowest BCUT2D eigenvalue weighted by molar-refractivity contribution is 0.150. The summed E-state index contributed by atoms with van der Waals surface area (Å²) < 4.78 is 0. The topological polar surface area (TPSA) is 40.5 Å². The standard InChI is InChI=1S/C12H15ClO2/c1-7-5-9(6-12(15)3-4-12)11(14)10(13)8(7)2/h5,14-15H,3-4,6H2,1-2H3. The fraction of sp³-hybridized carbons (Fsp3) is 0.500. The summed E-state index contributed by atoms with van der Waals surface area (Å²) in [5, 5.41) is 20.1. The molecule has 1 aromatic carbocycles. The minimum absolute atomic E-state index is 0.125. The molecule has 82 valence electrons. The van der Waals surface area contributed by atoms with Crippen molar-refractivity contribution in [1.29, 1.82) is 0 Å². The fourth-order valence-corrected chi connectivity index (χ4v) is 2.01. The second-order valence-electron chi connectivity index (χ2n) is 4.54. The van der Waals surface area contributed by atoms with Gasteiger partial charge in [0.1, 0.15) is 5.75 Å². The van der Waals surface area contributed by atoms with E-state index in [1.165, 1.54) is 0 Å². The Morgan fingerprint density at radius 2 is 2.00 bits per heavy atom. The van der Waals surface area contributed by atoms with Crippen LogP contribution in [0.3, 0.4) is 0 Å². The lowest BCUT2D eigenvalue weighted by atomic mass is 10.00. The Morgan fingerprint density at radius 1 is 1.40 bits per heavy atom. The van der Waals surface area contributed by atoms with Crippen LogP contribution >= 0.6 is 11.6 Å². The molecule has 0 heterocycles. The third kappa shape index (κ3) is 1.97. The highest BCUT2D eigenvalue weighted by molar-refractivity contribution is 6.33. The van der Waals surface area contributed by atoms with Crippen LogP contribution in [-0.4, -0.2) is 15.8 Å². The Bertz CT molecular complexity index is 409. The molecule has 0 unspecified atom stereocenters. The maximum absolute atomic E-state index is 9.85. The molecule has 1 aliphatic rings. The molecule has 0 radical (unpaired) electrons. The van der Waals surface area contributed by atoms with E-state index in [0.717, 1.165) is 29.5 Å². The molecule has 1 aliphatic carbocycles. The van der Waals surface area contributed by atoms with Crippen LogP contribution in [0.5, 0.6) is 5.75 Å². The molecule has 0 atom stereocenters. The number of rotatable bonds is 2. The quantitative estimate of drug-likeness (QED) is 0.814. The Labute approximate surface area is 94.5 Å². The molecule has 1 saturated carbocycles. The second-order valence-corrected chi connectivity index (χ2v) is 4.92. The summed E-state index contributed by atoms with van der Waals surface area (Å²) in [6, 6.07) is 1.91. The molecule has 0 aromatic heterocycles. The minimum atomic E-state index is -0.595. The van der Waals surface area contributed by atoms with Crippen molar-refractivity contribution < 1.29 is 10.2 Å². The van der Waals surface area contributed by atoms with Crippen molar-refractivity contribution in [2.24, 2.45) is 0 Å². The highest BCUT2D eigenvalue weighted by atomic mass is 35.5. The number of aliphatic hydroxyl groups is 1. The van der Waals surface area contributed by atoms with Gasteiger partial charge in [0.2, 0.25) is 0 Å². The molecule has 1 fully saturated rings. The average Bonchev–Trinajstić information content (AvgIpc) is 2.89. The summed E-state index contributed by atoms with van der Waals surface area (Å²) in [6.45, 7) is 3.84. The molecule has 2 N–H and O–H groups in total. The van der Waals surface area contributed by atoms with Gasteiger partial charge in [0, 0.05) is 6.42 Å². The van der Waals surface area contributed by atoms with E-state index in [4.69, 9.17) is 11.6 Å². The summed E-state index contributed by atoms with van der Waals surface area (Å²) in [5.41, 5.74) is 2.11. The predicted octanol–water partition coefficient (Wildman–Crippen LogP) is 2.73. The van der Waals surface area contributed by atoms with Crippen LogP contribution in [0.1, 0.15) is 29.5 Å². The summed E-state index contributed by atoms with van der Waals surface area (Å²) in [4.78, 5) is 0. The van der Waals surface area contributed by atoms with Crippen molar-refractivity contribution in [2.75, 3.05) is 0 Å². The summed E-state index contributed by atoms with van der Waals surface area (Å²) in [6.07, 6.45) is 2.13. The monoisotopic (exact) mass is 226 g/mol. The Hall–Kier alpha value is -0.730. The Kier molecular flexibility index (Phi) is 2.44. The lowest BCUT2D eigenvalue weighted by Gasteiger charge is -2.13. The Morgan fingerprint density at radius 3 is 2.53 bits per heavy atom. The number of phenols is 1. The highest BCUT2D eigenvalue weighted by Gasteiger charge is 2.41. The van der Waals surface area contributed by atoms with Gasteiger partial charge in [0.25, 0.3) is 0 Å². The Balaban J connectivity index is 2.39. The van der Waals surface area contributed by atoms with Gasteiger partial charge in [-0.1, -0.05) is 17.7 Å². The van der Waals surface area contributed by atoms with Crippen molar-refractivity contribution in [3.8, 4) is 5.75 Å². The minimum Gasteiger partial charge on any atom is -0.506 e. The van der Waals surface area contributed by atoms with Gasteiger partial charge in [-0.15, -0.1) is 0 Å². The molecule has 3 heteroatoms. The molecule has 2 rings (SSSR count). The van der Waals surface area contributed by atoms with Gasteiger partial charge in [-0.25, -0.2) is 0 Å². The van der Waals surface area contributed by atoms with Crippen molar-refractivity contribution in [3.63, 3.8) is 0 Å². The fourth-order valence-electron chi connectivity index (χ4n) is 1.74. The van der Waals surface area contributed by atoms with E-state index in [1.807, 2.05) is 19.9 Å². The molecule has 0 amide bonds. The molecule has 1 aromatic rings. The SMILES string of the molecule is Cc1cc(CC2(O)CC2)c(O)c(Cl)c1C. The van der Waals surface area contributed by atoms with E-state index in [1.54, 1.807) is 0 Å². The number of phenolic OH excluding ortho intramolecular Hbond substituents is 1. The smallest absolute Gasteiger partial charge is 0.137 e. The molecule has 2 nitrogen and oxygen atoms in total. The first-order valence-electron chi connectivity index (χ1n) is 5.13. The zero-order chi connectivity index (χ0) is 11.2. The normalized spacial score (nSPS) is 17.9. The zero-order valence-electron chi connectivity index (χ0n) is 8.97. The van der Waals surface area contributed by atoms with Crippen LogP contribution < -0.4 is 0 Å². The summed E-state index contributed by atoms with van der Waals surface area (Å²) >= 11 is 6.01. The van der Waals surface area contributed by atoms with E-state index >= 15 is 0 Å². The van der Waals surface area contributed by atoms with Crippen LogP contribution in [0.2, 0.25) is 5.02 Å². The van der Waals surface area contributed by atoms with Gasteiger partial charge in [0.15, 0.2) is 0 Å². The number of aromatic hydroxyl groups is 1. The number of hydrogen-bond donors (Lipinski definition) is 2. The third-order valence-corrected chi connectivity index (χ3v) is 3.63. The molecular weight excluding hydrogens is 212 g/mol. The van der Waals surface area contributed by atoms with Crippen LogP contribution in [-0.2, 0) is 6.42 Å². The highest BCUT2D eigenvalue weighted by Crippen LogP contribution is 2.42.